The molecular weight excluding hydrogens is 396 g/mol. The topological polar surface area (TPSA) is 119 Å². The van der Waals surface area contributed by atoms with Crippen LogP contribution in [0.15, 0.2) is 29.1 Å². The molecule has 0 spiro atoms. The van der Waals surface area contributed by atoms with Gasteiger partial charge in [0.15, 0.2) is 0 Å². The Balaban J connectivity index is 1.85. The maximum Gasteiger partial charge on any atom is 0.274 e. The van der Waals surface area contributed by atoms with Gasteiger partial charge in [-0.2, -0.15) is 0 Å². The van der Waals surface area contributed by atoms with E-state index in [0.717, 1.165) is 0 Å². The zero-order chi connectivity index (χ0) is 20.8. The largest absolute Gasteiger partial charge is 0.375 e. The molecule has 0 unspecified atom stereocenters. The van der Waals surface area contributed by atoms with Gasteiger partial charge >= 0.3 is 0 Å². The van der Waals surface area contributed by atoms with Crippen molar-refractivity contribution in [3.8, 4) is 0 Å². The van der Waals surface area contributed by atoms with Gasteiger partial charge in [-0.1, -0.05) is 18.2 Å². The van der Waals surface area contributed by atoms with Gasteiger partial charge in [0, 0.05) is 18.2 Å². The Morgan fingerprint density at radius 1 is 1.31 bits per heavy atom. The smallest absolute Gasteiger partial charge is 0.274 e. The van der Waals surface area contributed by atoms with Crippen LogP contribution in [0.5, 0.6) is 0 Å². The number of thioether (sulfide) groups is 1. The first-order valence-electron chi connectivity index (χ1n) is 9.40. The predicted molar refractivity (Wildman–Crippen MR) is 109 cm³/mol. The van der Waals surface area contributed by atoms with E-state index in [1.54, 1.807) is 22.9 Å². The molecule has 1 aromatic carbocycles. The molecule has 154 valence electrons. The van der Waals surface area contributed by atoms with E-state index in [0.29, 0.717) is 36.4 Å². The first-order valence-corrected chi connectivity index (χ1v) is 10.4. The Morgan fingerprint density at radius 3 is 2.79 bits per heavy atom. The molecule has 3 heterocycles. The van der Waals surface area contributed by atoms with Gasteiger partial charge in [0.25, 0.3) is 11.2 Å². The van der Waals surface area contributed by atoms with Crippen LogP contribution in [0.3, 0.4) is 0 Å². The van der Waals surface area contributed by atoms with E-state index in [1.165, 1.54) is 17.8 Å². The summed E-state index contributed by atoms with van der Waals surface area (Å²) in [7, 11) is 0. The second-order valence-corrected chi connectivity index (χ2v) is 8.98. The summed E-state index contributed by atoms with van der Waals surface area (Å²) in [5.74, 6) is 0.261. The summed E-state index contributed by atoms with van der Waals surface area (Å²) >= 11 is 1.22. The maximum atomic E-state index is 13.0. The van der Waals surface area contributed by atoms with Crippen molar-refractivity contribution in [1.82, 2.24) is 9.78 Å². The number of anilines is 1. The van der Waals surface area contributed by atoms with Gasteiger partial charge in [-0.25, -0.2) is 0 Å². The summed E-state index contributed by atoms with van der Waals surface area (Å²) in [6, 6.07) is 6.30. The lowest BCUT2D eigenvalue weighted by molar-refractivity contribution is -0.385. The quantitative estimate of drug-likeness (QED) is 0.584. The van der Waals surface area contributed by atoms with Gasteiger partial charge in [-0.15, -0.1) is 11.8 Å². The van der Waals surface area contributed by atoms with E-state index in [9.17, 15) is 19.7 Å². The van der Waals surface area contributed by atoms with Crippen LogP contribution in [0.25, 0.3) is 0 Å². The fourth-order valence-electron chi connectivity index (χ4n) is 4.06. The van der Waals surface area contributed by atoms with Crippen molar-refractivity contribution in [3.05, 3.63) is 55.9 Å². The molecule has 2 N–H and O–H groups in total. The van der Waals surface area contributed by atoms with E-state index < -0.39 is 10.2 Å². The molecule has 4 rings (SSSR count). The molecule has 29 heavy (non-hydrogen) atoms. The Hall–Kier alpha value is -2.59. The van der Waals surface area contributed by atoms with Gasteiger partial charge in [0.05, 0.1) is 33.1 Å². The number of carbonyl (C=O) groups excluding carboxylic acids is 1. The van der Waals surface area contributed by atoms with Crippen molar-refractivity contribution in [2.24, 2.45) is 0 Å². The number of benzene rings is 1. The zero-order valence-electron chi connectivity index (χ0n) is 16.1. The molecule has 0 aliphatic carbocycles. The lowest BCUT2D eigenvalue weighted by Gasteiger charge is -2.36. The highest BCUT2D eigenvalue weighted by Gasteiger charge is 2.37. The summed E-state index contributed by atoms with van der Waals surface area (Å²) < 4.78 is 7.49. The second kappa shape index (κ2) is 7.34. The number of nitro benzene ring substituents is 1. The Labute approximate surface area is 170 Å². The van der Waals surface area contributed by atoms with Crippen LogP contribution in [0.1, 0.15) is 49.1 Å². The third-order valence-corrected chi connectivity index (χ3v) is 6.57. The van der Waals surface area contributed by atoms with Crippen LogP contribution in [0.4, 0.5) is 11.5 Å². The number of nitrogens with zero attached hydrogens (tertiary/aromatic N) is 2. The molecule has 2 atom stereocenters. The molecule has 2 aliphatic heterocycles. The molecule has 2 aliphatic rings. The maximum absolute atomic E-state index is 13.0. The molecule has 0 bridgehead atoms. The number of ether oxygens (including phenoxy) is 1. The SMILES string of the molecule is CC1(C)C[C@@H](n2[nH]c(=O)c3c2NC(=O)CS[C@H]3c2ccccc2[N+](=O)[O-])CCO1. The third kappa shape index (κ3) is 3.69. The normalized spacial score (nSPS) is 23.7. The molecule has 2 aromatic rings. The van der Waals surface area contributed by atoms with Gasteiger partial charge in [-0.05, 0) is 26.7 Å². The monoisotopic (exact) mass is 418 g/mol. The van der Waals surface area contributed by atoms with E-state index in [4.69, 9.17) is 4.74 Å². The van der Waals surface area contributed by atoms with Crippen molar-refractivity contribution in [3.63, 3.8) is 0 Å². The Bertz CT molecular complexity index is 1030. The van der Waals surface area contributed by atoms with Crippen LogP contribution >= 0.6 is 11.8 Å². The minimum Gasteiger partial charge on any atom is -0.375 e. The highest BCUT2D eigenvalue weighted by molar-refractivity contribution is 8.00. The van der Waals surface area contributed by atoms with Gasteiger partial charge < -0.3 is 10.1 Å². The second-order valence-electron chi connectivity index (χ2n) is 7.88. The summed E-state index contributed by atoms with van der Waals surface area (Å²) in [4.78, 5) is 36.5. The fraction of sp³-hybridized carbons (Fsp3) is 0.474. The number of amides is 1. The third-order valence-electron chi connectivity index (χ3n) is 5.32. The van der Waals surface area contributed by atoms with E-state index >= 15 is 0 Å². The molecule has 10 heteroatoms. The predicted octanol–water partition coefficient (Wildman–Crippen LogP) is 2.99. The van der Waals surface area contributed by atoms with Gasteiger partial charge in [0.2, 0.25) is 5.91 Å². The molecule has 9 nitrogen and oxygen atoms in total. The van der Waals surface area contributed by atoms with E-state index in [2.05, 4.69) is 10.4 Å². The summed E-state index contributed by atoms with van der Waals surface area (Å²) in [6.07, 6.45) is 1.36. The fourth-order valence-corrected chi connectivity index (χ4v) is 5.21. The van der Waals surface area contributed by atoms with E-state index in [-0.39, 0.29) is 34.5 Å². The molecule has 1 fully saturated rings. The first kappa shape index (κ1) is 19.7. The Kier molecular flexibility index (Phi) is 4.99. The zero-order valence-corrected chi connectivity index (χ0v) is 17.0. The van der Waals surface area contributed by atoms with E-state index in [1.807, 2.05) is 13.8 Å². The van der Waals surface area contributed by atoms with Crippen molar-refractivity contribution in [2.75, 3.05) is 17.7 Å². The highest BCUT2D eigenvalue weighted by atomic mass is 32.2. The number of nitrogens with one attached hydrogen (secondary N) is 2. The Morgan fingerprint density at radius 2 is 2.07 bits per heavy atom. The van der Waals surface area contributed by atoms with Crippen molar-refractivity contribution >= 4 is 29.2 Å². The number of aromatic amines is 1. The highest BCUT2D eigenvalue weighted by Crippen LogP contribution is 2.44. The molecule has 1 saturated heterocycles. The first-order chi connectivity index (χ1) is 13.8. The molecule has 1 amide bonds. The van der Waals surface area contributed by atoms with Crippen LogP contribution in [-0.4, -0.2) is 38.6 Å². The van der Waals surface area contributed by atoms with Crippen LogP contribution in [0.2, 0.25) is 0 Å². The minimum absolute atomic E-state index is 0.0509. The number of para-hydroxylation sites is 1. The number of H-pyrrole nitrogens is 1. The summed E-state index contributed by atoms with van der Waals surface area (Å²) in [6.45, 7) is 4.52. The van der Waals surface area contributed by atoms with Crippen LogP contribution in [-0.2, 0) is 9.53 Å². The average Bonchev–Trinajstić information content (AvgIpc) is 2.87. The molecule has 1 aromatic heterocycles. The van der Waals surface area contributed by atoms with Crippen molar-refractivity contribution in [2.45, 2.75) is 43.6 Å². The van der Waals surface area contributed by atoms with Gasteiger partial charge in [-0.3, -0.25) is 29.5 Å². The van der Waals surface area contributed by atoms with Crippen LogP contribution in [0, 0.1) is 10.1 Å². The lowest BCUT2D eigenvalue weighted by Crippen LogP contribution is -2.36. The average molecular weight is 418 g/mol. The molecule has 0 radical (unpaired) electrons. The number of hydrogen-bond donors (Lipinski definition) is 2. The number of aromatic nitrogens is 2. The number of fused-ring (bicyclic) bond motifs is 1. The summed E-state index contributed by atoms with van der Waals surface area (Å²) in [5.41, 5.74) is -0.0000199. The van der Waals surface area contributed by atoms with Crippen molar-refractivity contribution < 1.29 is 14.5 Å². The molecular formula is C19H22N4O5S. The van der Waals surface area contributed by atoms with Crippen LogP contribution < -0.4 is 10.9 Å². The standard InChI is InChI=1S/C19H22N4O5S/c1-19(2)9-11(7-8-28-19)22-17-15(18(25)21-22)16(29-10-14(24)20-17)12-5-3-4-6-13(12)23(26)27/h3-6,11,16H,7-10H2,1-2H3,(H,20,24)(H,21,25)/t11-,16-/m0/s1. The number of rotatable bonds is 3. The minimum atomic E-state index is -0.622. The number of carbonyl (C=O) groups is 1. The summed E-state index contributed by atoms with van der Waals surface area (Å²) in [5, 5.41) is 16.6. The number of hydrogen-bond acceptors (Lipinski definition) is 6. The molecule has 0 saturated carbocycles. The van der Waals surface area contributed by atoms with Gasteiger partial charge in [0.1, 0.15) is 5.82 Å². The lowest BCUT2D eigenvalue weighted by atomic mass is 9.94. The number of nitro groups is 1. The van der Waals surface area contributed by atoms with Crippen molar-refractivity contribution in [1.29, 1.82) is 0 Å².